The summed E-state index contributed by atoms with van der Waals surface area (Å²) in [7, 11) is 0. The molecule has 106 valence electrons. The van der Waals surface area contributed by atoms with Crippen molar-refractivity contribution in [3.8, 4) is 10.4 Å². The van der Waals surface area contributed by atoms with E-state index in [9.17, 15) is 0 Å². The molecule has 1 saturated heterocycles. The molecule has 20 heavy (non-hydrogen) atoms. The number of benzene rings is 1. The third-order valence-electron chi connectivity index (χ3n) is 3.95. The Kier molecular flexibility index (Phi) is 3.71. The second-order valence-corrected chi connectivity index (χ2v) is 7.09. The van der Waals surface area contributed by atoms with Gasteiger partial charge in [-0.25, -0.2) is 4.98 Å². The Labute approximate surface area is 128 Å². The van der Waals surface area contributed by atoms with Crippen molar-refractivity contribution in [2.45, 2.75) is 13.3 Å². The van der Waals surface area contributed by atoms with E-state index in [-0.39, 0.29) is 5.41 Å². The lowest BCUT2D eigenvalue weighted by atomic mass is 9.90. The fourth-order valence-corrected chi connectivity index (χ4v) is 3.82. The monoisotopic (exact) mass is 307 g/mol. The quantitative estimate of drug-likeness (QED) is 0.941. The van der Waals surface area contributed by atoms with E-state index in [1.807, 2.05) is 30.5 Å². The summed E-state index contributed by atoms with van der Waals surface area (Å²) >= 11 is 7.94. The number of nitrogens with zero attached hydrogens (tertiary/aromatic N) is 2. The van der Waals surface area contributed by atoms with E-state index in [4.69, 9.17) is 17.3 Å². The average Bonchev–Trinajstić information content (AvgIpc) is 3.07. The van der Waals surface area contributed by atoms with Gasteiger partial charge >= 0.3 is 0 Å². The van der Waals surface area contributed by atoms with Crippen molar-refractivity contribution in [2.24, 2.45) is 11.1 Å². The van der Waals surface area contributed by atoms with E-state index in [0.717, 1.165) is 46.6 Å². The largest absolute Gasteiger partial charge is 0.347 e. The Morgan fingerprint density at radius 1 is 1.45 bits per heavy atom. The summed E-state index contributed by atoms with van der Waals surface area (Å²) in [4.78, 5) is 8.01. The summed E-state index contributed by atoms with van der Waals surface area (Å²) in [5.74, 6) is 0. The highest BCUT2D eigenvalue weighted by atomic mass is 35.5. The van der Waals surface area contributed by atoms with Crippen LogP contribution in [0.2, 0.25) is 5.02 Å². The third kappa shape index (κ3) is 2.55. The molecule has 2 heterocycles. The van der Waals surface area contributed by atoms with Gasteiger partial charge in [-0.05, 0) is 24.4 Å². The van der Waals surface area contributed by atoms with Crippen LogP contribution in [-0.4, -0.2) is 24.6 Å². The maximum absolute atomic E-state index is 6.24. The van der Waals surface area contributed by atoms with Gasteiger partial charge < -0.3 is 10.6 Å². The second-order valence-electron chi connectivity index (χ2n) is 5.67. The molecule has 1 unspecified atom stereocenters. The van der Waals surface area contributed by atoms with Crippen LogP contribution < -0.4 is 10.6 Å². The number of hydrogen-bond donors (Lipinski definition) is 1. The van der Waals surface area contributed by atoms with Crippen molar-refractivity contribution >= 4 is 28.1 Å². The number of rotatable bonds is 3. The molecule has 0 spiro atoms. The SMILES string of the molecule is CC1(CN)CCN(c2ncc(-c3ccccc3Cl)s2)C1. The summed E-state index contributed by atoms with van der Waals surface area (Å²) in [5.41, 5.74) is 7.14. The van der Waals surface area contributed by atoms with Gasteiger partial charge in [-0.1, -0.05) is 48.1 Å². The normalized spacial score (nSPS) is 22.4. The first-order valence-electron chi connectivity index (χ1n) is 6.77. The van der Waals surface area contributed by atoms with Crippen molar-refractivity contribution in [1.82, 2.24) is 4.98 Å². The first kappa shape index (κ1) is 13.9. The fourth-order valence-electron chi connectivity index (χ4n) is 2.55. The lowest BCUT2D eigenvalue weighted by Gasteiger charge is -2.21. The Morgan fingerprint density at radius 3 is 2.95 bits per heavy atom. The highest BCUT2D eigenvalue weighted by Gasteiger charge is 2.33. The Bertz CT molecular complexity index is 613. The van der Waals surface area contributed by atoms with E-state index in [1.165, 1.54) is 0 Å². The van der Waals surface area contributed by atoms with Gasteiger partial charge in [0.05, 0.1) is 4.88 Å². The maximum atomic E-state index is 6.24. The van der Waals surface area contributed by atoms with Crippen LogP contribution in [0.1, 0.15) is 13.3 Å². The predicted molar refractivity (Wildman–Crippen MR) is 86.6 cm³/mol. The van der Waals surface area contributed by atoms with Gasteiger partial charge in [-0.2, -0.15) is 0 Å². The molecular formula is C15H18ClN3S. The van der Waals surface area contributed by atoms with Crippen LogP contribution in [0.25, 0.3) is 10.4 Å². The fraction of sp³-hybridized carbons (Fsp3) is 0.400. The molecule has 2 N–H and O–H groups in total. The van der Waals surface area contributed by atoms with Gasteiger partial charge in [-0.3, -0.25) is 0 Å². The topological polar surface area (TPSA) is 42.1 Å². The molecule has 0 radical (unpaired) electrons. The van der Waals surface area contributed by atoms with Gasteiger partial charge in [0.25, 0.3) is 0 Å². The summed E-state index contributed by atoms with van der Waals surface area (Å²) in [6.07, 6.45) is 3.05. The summed E-state index contributed by atoms with van der Waals surface area (Å²) in [6.45, 7) is 4.99. The zero-order valence-electron chi connectivity index (χ0n) is 11.5. The zero-order chi connectivity index (χ0) is 14.2. The molecule has 1 fully saturated rings. The molecule has 1 aromatic heterocycles. The summed E-state index contributed by atoms with van der Waals surface area (Å²) in [6, 6.07) is 7.90. The molecule has 1 aromatic carbocycles. The molecule has 3 nitrogen and oxygen atoms in total. The van der Waals surface area contributed by atoms with Crippen molar-refractivity contribution in [2.75, 3.05) is 24.5 Å². The molecule has 5 heteroatoms. The van der Waals surface area contributed by atoms with Crippen molar-refractivity contribution < 1.29 is 0 Å². The number of hydrogen-bond acceptors (Lipinski definition) is 4. The predicted octanol–water partition coefficient (Wildman–Crippen LogP) is 3.64. The van der Waals surface area contributed by atoms with Crippen LogP contribution in [0.4, 0.5) is 5.13 Å². The summed E-state index contributed by atoms with van der Waals surface area (Å²) in [5, 5.41) is 1.84. The number of halogens is 1. The van der Waals surface area contributed by atoms with Gasteiger partial charge in [0, 0.05) is 29.9 Å². The lowest BCUT2D eigenvalue weighted by molar-refractivity contribution is 0.383. The van der Waals surface area contributed by atoms with Crippen LogP contribution in [0, 0.1) is 5.41 Å². The van der Waals surface area contributed by atoms with Crippen LogP contribution in [-0.2, 0) is 0 Å². The minimum atomic E-state index is 0.218. The molecule has 1 aliphatic rings. The van der Waals surface area contributed by atoms with E-state index < -0.39 is 0 Å². The standard InChI is InChI=1S/C15H18ClN3S/c1-15(9-17)6-7-19(10-15)14-18-8-13(20-14)11-4-2-3-5-12(11)16/h2-5,8H,6-7,9-10,17H2,1H3. The Morgan fingerprint density at radius 2 is 2.25 bits per heavy atom. The first-order valence-corrected chi connectivity index (χ1v) is 7.96. The molecule has 1 aliphatic heterocycles. The van der Waals surface area contributed by atoms with Crippen molar-refractivity contribution in [3.63, 3.8) is 0 Å². The number of anilines is 1. The lowest BCUT2D eigenvalue weighted by Crippen LogP contribution is -2.31. The Balaban J connectivity index is 1.83. The molecule has 0 aliphatic carbocycles. The van der Waals surface area contributed by atoms with E-state index in [2.05, 4.69) is 16.8 Å². The molecule has 1 atom stereocenters. The highest BCUT2D eigenvalue weighted by Crippen LogP contribution is 2.38. The van der Waals surface area contributed by atoms with E-state index in [0.29, 0.717) is 0 Å². The molecule has 0 amide bonds. The van der Waals surface area contributed by atoms with Crippen LogP contribution in [0.3, 0.4) is 0 Å². The minimum Gasteiger partial charge on any atom is -0.347 e. The summed E-state index contributed by atoms with van der Waals surface area (Å²) < 4.78 is 0. The number of thiazole rings is 1. The van der Waals surface area contributed by atoms with Gasteiger partial charge in [0.15, 0.2) is 5.13 Å². The van der Waals surface area contributed by atoms with E-state index >= 15 is 0 Å². The van der Waals surface area contributed by atoms with Gasteiger partial charge in [0.2, 0.25) is 0 Å². The first-order chi connectivity index (χ1) is 9.61. The number of aromatic nitrogens is 1. The van der Waals surface area contributed by atoms with Crippen molar-refractivity contribution in [3.05, 3.63) is 35.5 Å². The highest BCUT2D eigenvalue weighted by molar-refractivity contribution is 7.19. The van der Waals surface area contributed by atoms with Crippen LogP contribution in [0.15, 0.2) is 30.5 Å². The molecular weight excluding hydrogens is 290 g/mol. The van der Waals surface area contributed by atoms with E-state index in [1.54, 1.807) is 11.3 Å². The molecule has 2 aromatic rings. The van der Waals surface area contributed by atoms with Crippen molar-refractivity contribution in [1.29, 1.82) is 0 Å². The van der Waals surface area contributed by atoms with Crippen LogP contribution in [0.5, 0.6) is 0 Å². The minimum absolute atomic E-state index is 0.218. The molecule has 0 bridgehead atoms. The average molecular weight is 308 g/mol. The second kappa shape index (κ2) is 5.35. The molecule has 3 rings (SSSR count). The maximum Gasteiger partial charge on any atom is 0.185 e. The molecule has 0 saturated carbocycles. The van der Waals surface area contributed by atoms with Gasteiger partial charge in [0.1, 0.15) is 0 Å². The Hall–Kier alpha value is -1.10. The number of nitrogens with two attached hydrogens (primary N) is 1. The van der Waals surface area contributed by atoms with Gasteiger partial charge in [-0.15, -0.1) is 0 Å². The third-order valence-corrected chi connectivity index (χ3v) is 5.37. The zero-order valence-corrected chi connectivity index (χ0v) is 13.0. The van der Waals surface area contributed by atoms with Crippen LogP contribution >= 0.6 is 22.9 Å². The smallest absolute Gasteiger partial charge is 0.185 e.